The van der Waals surface area contributed by atoms with Crippen molar-refractivity contribution >= 4 is 34.5 Å². The number of H-pyrrole nitrogens is 1. The van der Waals surface area contributed by atoms with Crippen molar-refractivity contribution < 1.29 is 22.8 Å². The molecule has 3 rings (SSSR count). The fourth-order valence-electron chi connectivity index (χ4n) is 2.99. The standard InChI is InChI=1S/C17H18F3N3O2S/c18-17(19,20)26-11-16(25)23-7-5-22(6-8-23)15(24)9-12-10-21-14-4-2-1-3-13(12)14/h1-4,10,21H,5-9,11H2. The van der Waals surface area contributed by atoms with Crippen LogP contribution in [0.25, 0.3) is 10.9 Å². The van der Waals surface area contributed by atoms with Crippen LogP contribution in [0.15, 0.2) is 30.5 Å². The van der Waals surface area contributed by atoms with Crippen LogP contribution in [0.3, 0.4) is 0 Å². The zero-order chi connectivity index (χ0) is 18.7. The van der Waals surface area contributed by atoms with Gasteiger partial charge in [-0.15, -0.1) is 0 Å². The van der Waals surface area contributed by atoms with Gasteiger partial charge in [0.1, 0.15) is 0 Å². The number of hydrogen-bond acceptors (Lipinski definition) is 3. The Labute approximate surface area is 152 Å². The Kier molecular flexibility index (Phi) is 5.45. The number of fused-ring (bicyclic) bond motifs is 1. The maximum Gasteiger partial charge on any atom is 0.442 e. The average molecular weight is 385 g/mol. The number of carbonyl (C=O) groups excluding carboxylic acids is 2. The van der Waals surface area contributed by atoms with Gasteiger partial charge in [-0.25, -0.2) is 0 Å². The molecule has 1 fully saturated rings. The number of nitrogens with zero attached hydrogens (tertiary/aromatic N) is 2. The highest BCUT2D eigenvalue weighted by Gasteiger charge is 2.31. The van der Waals surface area contributed by atoms with Crippen LogP contribution < -0.4 is 0 Å². The number of halogens is 3. The van der Waals surface area contributed by atoms with Crippen molar-refractivity contribution in [3.05, 3.63) is 36.0 Å². The summed E-state index contributed by atoms with van der Waals surface area (Å²) in [6.07, 6.45) is 2.07. The number of rotatable bonds is 4. The molecule has 0 aliphatic carbocycles. The Hall–Kier alpha value is -2.16. The van der Waals surface area contributed by atoms with Crippen molar-refractivity contribution in [2.45, 2.75) is 11.9 Å². The summed E-state index contributed by atoms with van der Waals surface area (Å²) in [7, 11) is 0. The number of hydrogen-bond donors (Lipinski definition) is 1. The number of aromatic nitrogens is 1. The third kappa shape index (κ3) is 4.51. The van der Waals surface area contributed by atoms with Crippen LogP contribution in [0.4, 0.5) is 13.2 Å². The second-order valence-electron chi connectivity index (χ2n) is 6.03. The summed E-state index contributed by atoms with van der Waals surface area (Å²) in [5.41, 5.74) is -2.54. The smallest absolute Gasteiger partial charge is 0.361 e. The minimum atomic E-state index is -4.41. The monoisotopic (exact) mass is 385 g/mol. The quantitative estimate of drug-likeness (QED) is 0.880. The van der Waals surface area contributed by atoms with Crippen molar-refractivity contribution in [3.8, 4) is 0 Å². The molecule has 1 aromatic carbocycles. The summed E-state index contributed by atoms with van der Waals surface area (Å²) in [5, 5.41) is 0.999. The highest BCUT2D eigenvalue weighted by Crippen LogP contribution is 2.30. The highest BCUT2D eigenvalue weighted by molar-refractivity contribution is 8.00. The van der Waals surface area contributed by atoms with Crippen molar-refractivity contribution in [3.63, 3.8) is 0 Å². The zero-order valence-corrected chi connectivity index (χ0v) is 14.7. The lowest BCUT2D eigenvalue weighted by molar-refractivity contribution is -0.137. The molecule has 0 radical (unpaired) electrons. The molecule has 0 bridgehead atoms. The molecule has 0 saturated carbocycles. The second kappa shape index (κ2) is 7.61. The zero-order valence-electron chi connectivity index (χ0n) is 13.9. The van der Waals surface area contributed by atoms with Gasteiger partial charge in [-0.05, 0) is 23.4 Å². The Balaban J connectivity index is 1.51. The van der Waals surface area contributed by atoms with Gasteiger partial charge >= 0.3 is 5.51 Å². The maximum absolute atomic E-state index is 12.5. The van der Waals surface area contributed by atoms with Gasteiger partial charge in [-0.2, -0.15) is 13.2 Å². The fraction of sp³-hybridized carbons (Fsp3) is 0.412. The summed E-state index contributed by atoms with van der Waals surface area (Å²) < 4.78 is 36.5. The number of piperazine rings is 1. The van der Waals surface area contributed by atoms with E-state index in [-0.39, 0.29) is 37.2 Å². The SMILES string of the molecule is O=C(CSC(F)(F)F)N1CCN(C(=O)Cc2c[nH]c3ccccc23)CC1. The molecule has 0 unspecified atom stereocenters. The summed E-state index contributed by atoms with van der Waals surface area (Å²) >= 11 is -0.329. The van der Waals surface area contributed by atoms with E-state index in [0.717, 1.165) is 16.5 Å². The predicted octanol–water partition coefficient (Wildman–Crippen LogP) is 2.63. The van der Waals surface area contributed by atoms with Crippen molar-refractivity contribution in [1.82, 2.24) is 14.8 Å². The van der Waals surface area contributed by atoms with E-state index >= 15 is 0 Å². The molecular weight excluding hydrogens is 367 g/mol. The highest BCUT2D eigenvalue weighted by atomic mass is 32.2. The van der Waals surface area contributed by atoms with E-state index in [9.17, 15) is 22.8 Å². The van der Waals surface area contributed by atoms with E-state index in [4.69, 9.17) is 0 Å². The topological polar surface area (TPSA) is 56.4 Å². The lowest BCUT2D eigenvalue weighted by Gasteiger charge is -2.34. The van der Waals surface area contributed by atoms with Crippen molar-refractivity contribution in [1.29, 1.82) is 0 Å². The third-order valence-corrected chi connectivity index (χ3v) is 5.08. The number of carbonyl (C=O) groups is 2. The van der Waals surface area contributed by atoms with Gasteiger partial charge in [0.25, 0.3) is 0 Å². The third-order valence-electron chi connectivity index (χ3n) is 4.36. The van der Waals surface area contributed by atoms with Crippen LogP contribution in [0.1, 0.15) is 5.56 Å². The van der Waals surface area contributed by atoms with Gasteiger partial charge in [0.15, 0.2) is 0 Å². The largest absolute Gasteiger partial charge is 0.442 e. The molecule has 0 atom stereocenters. The van der Waals surface area contributed by atoms with E-state index in [1.165, 1.54) is 4.90 Å². The molecule has 1 aliphatic heterocycles. The first kappa shape index (κ1) is 18.6. The number of para-hydroxylation sites is 1. The first-order valence-electron chi connectivity index (χ1n) is 8.15. The normalized spacial score (nSPS) is 15.5. The maximum atomic E-state index is 12.5. The number of amides is 2. The number of aromatic amines is 1. The molecule has 2 amide bonds. The van der Waals surface area contributed by atoms with Crippen molar-refractivity contribution in [2.24, 2.45) is 0 Å². The lowest BCUT2D eigenvalue weighted by atomic mass is 10.1. The molecule has 2 aromatic rings. The first-order valence-corrected chi connectivity index (χ1v) is 9.13. The molecule has 5 nitrogen and oxygen atoms in total. The molecule has 0 spiro atoms. The van der Waals surface area contributed by atoms with Gasteiger partial charge in [0.05, 0.1) is 12.2 Å². The van der Waals surface area contributed by atoms with E-state index in [1.807, 2.05) is 30.5 Å². The van der Waals surface area contributed by atoms with E-state index in [2.05, 4.69) is 4.98 Å². The van der Waals surface area contributed by atoms with Crippen LogP contribution in [0.5, 0.6) is 0 Å². The minimum Gasteiger partial charge on any atom is -0.361 e. The fourth-order valence-corrected chi connectivity index (χ4v) is 3.46. The first-order chi connectivity index (χ1) is 12.3. The number of nitrogens with one attached hydrogen (secondary N) is 1. The average Bonchev–Trinajstić information content (AvgIpc) is 3.02. The molecule has 2 heterocycles. The van der Waals surface area contributed by atoms with Gasteiger partial charge < -0.3 is 14.8 Å². The Morgan fingerprint density at radius 3 is 2.31 bits per heavy atom. The Bertz CT molecular complexity index is 798. The van der Waals surface area contributed by atoms with Gasteiger partial charge in [-0.3, -0.25) is 9.59 Å². The van der Waals surface area contributed by atoms with Crippen LogP contribution in [-0.4, -0.2) is 64.0 Å². The number of thioether (sulfide) groups is 1. The second-order valence-corrected chi connectivity index (χ2v) is 7.07. The summed E-state index contributed by atoms with van der Waals surface area (Å²) in [6, 6.07) is 7.71. The number of benzene rings is 1. The van der Waals surface area contributed by atoms with Crippen LogP contribution in [0.2, 0.25) is 0 Å². The molecular formula is C17H18F3N3O2S. The molecule has 9 heteroatoms. The van der Waals surface area contributed by atoms with E-state index in [1.54, 1.807) is 4.90 Å². The summed E-state index contributed by atoms with van der Waals surface area (Å²) in [5.74, 6) is -1.21. The predicted molar refractivity (Wildman–Crippen MR) is 93.7 cm³/mol. The van der Waals surface area contributed by atoms with E-state index in [0.29, 0.717) is 13.1 Å². The Morgan fingerprint density at radius 2 is 1.65 bits per heavy atom. The van der Waals surface area contributed by atoms with Crippen LogP contribution >= 0.6 is 11.8 Å². The molecule has 1 aliphatic rings. The molecule has 1 saturated heterocycles. The molecule has 1 aromatic heterocycles. The van der Waals surface area contributed by atoms with Crippen LogP contribution in [0, 0.1) is 0 Å². The van der Waals surface area contributed by atoms with Gasteiger partial charge in [0, 0.05) is 43.3 Å². The van der Waals surface area contributed by atoms with Crippen molar-refractivity contribution in [2.75, 3.05) is 31.9 Å². The van der Waals surface area contributed by atoms with Gasteiger partial charge in [-0.1, -0.05) is 18.2 Å². The molecule has 1 N–H and O–H groups in total. The summed E-state index contributed by atoms with van der Waals surface area (Å²) in [4.78, 5) is 30.5. The van der Waals surface area contributed by atoms with Crippen LogP contribution in [-0.2, 0) is 16.0 Å². The van der Waals surface area contributed by atoms with Gasteiger partial charge in [0.2, 0.25) is 11.8 Å². The molecule has 26 heavy (non-hydrogen) atoms. The van der Waals surface area contributed by atoms with E-state index < -0.39 is 17.2 Å². The molecule has 140 valence electrons. The Morgan fingerprint density at radius 1 is 1.04 bits per heavy atom. The number of alkyl halides is 3. The summed E-state index contributed by atoms with van der Waals surface area (Å²) in [6.45, 7) is 1.20. The minimum absolute atomic E-state index is 0.0495. The lowest BCUT2D eigenvalue weighted by Crippen LogP contribution is -2.51.